The number of halogens is 2. The van der Waals surface area contributed by atoms with Crippen LogP contribution in [0.3, 0.4) is 0 Å². The summed E-state index contributed by atoms with van der Waals surface area (Å²) in [5.41, 5.74) is 0.517. The van der Waals surface area contributed by atoms with Gasteiger partial charge in [-0.3, -0.25) is 4.79 Å². The van der Waals surface area contributed by atoms with Gasteiger partial charge >= 0.3 is 5.56 Å². The molecule has 0 atom stereocenters. The van der Waals surface area contributed by atoms with Gasteiger partial charge in [0.25, 0.3) is 0 Å². The third kappa shape index (κ3) is 4.25. The third-order valence-electron chi connectivity index (χ3n) is 2.40. The molecule has 0 bridgehead atoms. The Bertz CT molecular complexity index is 610. The van der Waals surface area contributed by atoms with Crippen molar-refractivity contribution in [1.29, 1.82) is 0 Å². The largest absolute Gasteiger partial charge is 0.490 e. The topological polar surface area (TPSA) is 44.1 Å². The van der Waals surface area contributed by atoms with Gasteiger partial charge in [-0.2, -0.15) is 4.98 Å². The molecule has 0 N–H and O–H groups in total. The molecule has 0 saturated heterocycles. The fourth-order valence-corrected chi connectivity index (χ4v) is 1.80. The molecule has 0 aliphatic carbocycles. The average molecular weight is 315 g/mol. The van der Waals surface area contributed by atoms with Crippen LogP contribution in [-0.2, 0) is 6.54 Å². The molecule has 0 saturated carbocycles. The van der Waals surface area contributed by atoms with Gasteiger partial charge in [0.2, 0.25) is 11.0 Å². The maximum absolute atomic E-state index is 11.4. The number of aromatic nitrogens is 2. The average Bonchev–Trinajstić information content (AvgIpc) is 2.46. The molecule has 2 rings (SSSR count). The lowest BCUT2D eigenvalue weighted by atomic mass is 10.2. The van der Waals surface area contributed by atoms with E-state index in [-0.39, 0.29) is 11.0 Å². The Hall–Kier alpha value is -1.52. The highest BCUT2D eigenvalue weighted by molar-refractivity contribution is 6.30. The molecule has 4 nitrogen and oxygen atoms in total. The lowest BCUT2D eigenvalue weighted by Gasteiger charge is -2.09. The molecule has 1 heterocycles. The number of hydrogen-bond acceptors (Lipinski definition) is 3. The first-order valence-electron chi connectivity index (χ1n) is 6.15. The van der Waals surface area contributed by atoms with Crippen LogP contribution in [0.1, 0.15) is 19.4 Å². The van der Waals surface area contributed by atoms with Gasteiger partial charge in [-0.15, -0.1) is 0 Å². The Morgan fingerprint density at radius 1 is 1.20 bits per heavy atom. The van der Waals surface area contributed by atoms with Crippen LogP contribution in [0.15, 0.2) is 35.3 Å². The maximum atomic E-state index is 11.4. The zero-order chi connectivity index (χ0) is 15.1. The number of nitrogens with zero attached hydrogens (tertiary/aromatic N) is 2. The summed E-state index contributed by atoms with van der Waals surface area (Å²) < 4.78 is 6.55. The summed E-state index contributed by atoms with van der Waals surface area (Å²) in [6.45, 7) is 4.49. The van der Waals surface area contributed by atoms with E-state index in [9.17, 15) is 4.79 Å². The minimum Gasteiger partial charge on any atom is -0.490 e. The zero-order valence-electron chi connectivity index (χ0n) is 11.6. The minimum absolute atomic E-state index is 0.121. The summed E-state index contributed by atoms with van der Waals surface area (Å²) in [7, 11) is 1.42. The second-order valence-corrected chi connectivity index (χ2v) is 4.41. The highest BCUT2D eigenvalue weighted by Gasteiger charge is 2.07. The van der Waals surface area contributed by atoms with Crippen molar-refractivity contribution in [3.63, 3.8) is 0 Å². The van der Waals surface area contributed by atoms with E-state index in [4.69, 9.17) is 27.9 Å². The van der Waals surface area contributed by atoms with E-state index in [1.165, 1.54) is 13.3 Å². The molecule has 6 heteroatoms. The lowest BCUT2D eigenvalue weighted by molar-refractivity contribution is 0.402. The molecule has 2 aromatic rings. The molecule has 0 amide bonds. The second-order valence-electron chi connectivity index (χ2n) is 3.64. The second kappa shape index (κ2) is 7.92. The number of rotatable bonds is 3. The van der Waals surface area contributed by atoms with Crippen molar-refractivity contribution in [2.24, 2.45) is 0 Å². The third-order valence-corrected chi connectivity index (χ3v) is 2.95. The monoisotopic (exact) mass is 314 g/mol. The molecule has 0 fully saturated rings. The molecular weight excluding hydrogens is 299 g/mol. The highest BCUT2D eigenvalue weighted by atomic mass is 35.5. The van der Waals surface area contributed by atoms with E-state index < -0.39 is 5.56 Å². The van der Waals surface area contributed by atoms with Gasteiger partial charge in [0.15, 0.2) is 0 Å². The fourth-order valence-electron chi connectivity index (χ4n) is 1.49. The van der Waals surface area contributed by atoms with Gasteiger partial charge in [-0.25, -0.2) is 0 Å². The van der Waals surface area contributed by atoms with Crippen molar-refractivity contribution < 1.29 is 4.74 Å². The van der Waals surface area contributed by atoms with Gasteiger partial charge in [-0.1, -0.05) is 37.6 Å². The predicted octanol–water partition coefficient (Wildman–Crippen LogP) is 3.63. The van der Waals surface area contributed by atoms with Crippen LogP contribution < -0.4 is 10.3 Å². The Morgan fingerprint density at radius 2 is 1.80 bits per heavy atom. The standard InChI is InChI=1S/C12H10Cl2N2O2.C2H6/c1-18-10-7-16(12(14)15-11(10)17)6-8-2-4-9(13)5-3-8;1-2/h2-5,7H,6H2,1H3;1-2H3. The van der Waals surface area contributed by atoms with Crippen molar-refractivity contribution in [2.45, 2.75) is 20.4 Å². The molecule has 1 aromatic heterocycles. The minimum atomic E-state index is -0.477. The molecule has 0 radical (unpaired) electrons. The first-order chi connectivity index (χ1) is 9.60. The highest BCUT2D eigenvalue weighted by Crippen LogP contribution is 2.14. The van der Waals surface area contributed by atoms with Crippen molar-refractivity contribution >= 4 is 23.2 Å². The smallest absolute Gasteiger partial charge is 0.316 e. The van der Waals surface area contributed by atoms with Crippen molar-refractivity contribution in [3.05, 3.63) is 56.7 Å². The van der Waals surface area contributed by atoms with Crippen LogP contribution in [0.5, 0.6) is 5.75 Å². The lowest BCUT2D eigenvalue weighted by Crippen LogP contribution is -2.15. The molecule has 0 spiro atoms. The summed E-state index contributed by atoms with van der Waals surface area (Å²) in [4.78, 5) is 15.0. The molecule has 20 heavy (non-hydrogen) atoms. The zero-order valence-corrected chi connectivity index (χ0v) is 13.1. The predicted molar refractivity (Wildman–Crippen MR) is 82.0 cm³/mol. The van der Waals surface area contributed by atoms with Crippen LogP contribution in [0.25, 0.3) is 0 Å². The summed E-state index contributed by atoms with van der Waals surface area (Å²) in [5, 5.41) is 0.788. The summed E-state index contributed by atoms with van der Waals surface area (Å²) in [6.07, 6.45) is 1.53. The van der Waals surface area contributed by atoms with Crippen LogP contribution in [0.4, 0.5) is 0 Å². The van der Waals surface area contributed by atoms with Crippen LogP contribution in [0, 0.1) is 0 Å². The maximum Gasteiger partial charge on any atom is 0.316 e. The SMILES string of the molecule is CC.COc1cn(Cc2ccc(Cl)cc2)c(Cl)nc1=O. The molecule has 108 valence electrons. The molecule has 1 aromatic carbocycles. The number of hydrogen-bond donors (Lipinski definition) is 0. The first-order valence-corrected chi connectivity index (χ1v) is 6.91. The Kier molecular flexibility index (Phi) is 6.55. The van der Waals surface area contributed by atoms with Crippen molar-refractivity contribution in [1.82, 2.24) is 9.55 Å². The van der Waals surface area contributed by atoms with Crippen molar-refractivity contribution in [2.75, 3.05) is 7.11 Å². The van der Waals surface area contributed by atoms with E-state index in [0.29, 0.717) is 11.6 Å². The quantitative estimate of drug-likeness (QED) is 0.812. The summed E-state index contributed by atoms with van der Waals surface area (Å²) in [5.74, 6) is 0.161. The van der Waals surface area contributed by atoms with Crippen LogP contribution >= 0.6 is 23.2 Å². The van der Waals surface area contributed by atoms with Gasteiger partial charge in [-0.05, 0) is 29.3 Å². The Labute approximate surface area is 127 Å². The number of methoxy groups -OCH3 is 1. The summed E-state index contributed by atoms with van der Waals surface area (Å²) in [6, 6.07) is 7.34. The van der Waals surface area contributed by atoms with Gasteiger partial charge in [0, 0.05) is 11.6 Å². The Morgan fingerprint density at radius 3 is 2.35 bits per heavy atom. The van der Waals surface area contributed by atoms with Crippen LogP contribution in [-0.4, -0.2) is 16.7 Å². The van der Waals surface area contributed by atoms with E-state index in [0.717, 1.165) is 5.56 Å². The number of benzene rings is 1. The van der Waals surface area contributed by atoms with Gasteiger partial charge in [0.1, 0.15) is 0 Å². The van der Waals surface area contributed by atoms with Crippen LogP contribution in [0.2, 0.25) is 10.3 Å². The van der Waals surface area contributed by atoms with E-state index in [1.54, 1.807) is 16.7 Å². The van der Waals surface area contributed by atoms with Crippen molar-refractivity contribution in [3.8, 4) is 5.75 Å². The van der Waals surface area contributed by atoms with E-state index >= 15 is 0 Å². The normalized spacial score (nSPS) is 9.65. The van der Waals surface area contributed by atoms with Gasteiger partial charge in [0.05, 0.1) is 13.3 Å². The summed E-state index contributed by atoms with van der Waals surface area (Å²) >= 11 is 11.7. The van der Waals surface area contributed by atoms with E-state index in [2.05, 4.69) is 4.98 Å². The fraction of sp³-hybridized carbons (Fsp3) is 0.286. The Balaban J connectivity index is 0.000000956. The molecule has 0 unspecified atom stereocenters. The molecule has 0 aliphatic rings. The molecular formula is C14H16Cl2N2O2. The van der Waals surface area contributed by atoms with Gasteiger partial charge < -0.3 is 9.30 Å². The number of ether oxygens (including phenoxy) is 1. The van der Waals surface area contributed by atoms with E-state index in [1.807, 2.05) is 26.0 Å². The molecule has 0 aliphatic heterocycles. The first kappa shape index (κ1) is 16.5.